The van der Waals surface area contributed by atoms with Crippen LogP contribution in [0.5, 0.6) is 5.75 Å². The predicted octanol–water partition coefficient (Wildman–Crippen LogP) is 2.83. The minimum Gasteiger partial charge on any atom is -0.496 e. The van der Waals surface area contributed by atoms with Gasteiger partial charge >= 0.3 is 0 Å². The van der Waals surface area contributed by atoms with Crippen LogP contribution >= 0.6 is 0 Å². The summed E-state index contributed by atoms with van der Waals surface area (Å²) < 4.78 is 32.5. The van der Waals surface area contributed by atoms with Crippen molar-refractivity contribution in [2.45, 2.75) is 13.0 Å². The van der Waals surface area contributed by atoms with Crippen LogP contribution < -0.4 is 16.0 Å². The molecule has 0 spiro atoms. The van der Waals surface area contributed by atoms with Crippen LogP contribution in [0.15, 0.2) is 36.4 Å². The summed E-state index contributed by atoms with van der Waals surface area (Å²) in [5.74, 6) is 4.36. The second-order valence-electron chi connectivity index (χ2n) is 4.47. The molecule has 0 aliphatic carbocycles. The summed E-state index contributed by atoms with van der Waals surface area (Å²) in [6, 6.07) is 8.76. The summed E-state index contributed by atoms with van der Waals surface area (Å²) in [5, 5.41) is 0. The van der Waals surface area contributed by atoms with Gasteiger partial charge in [0.25, 0.3) is 0 Å². The van der Waals surface area contributed by atoms with Crippen LogP contribution in [-0.4, -0.2) is 7.11 Å². The van der Waals surface area contributed by atoms with E-state index in [-0.39, 0.29) is 5.56 Å². The van der Waals surface area contributed by atoms with E-state index >= 15 is 0 Å². The molecule has 2 aromatic rings. The van der Waals surface area contributed by atoms with Gasteiger partial charge in [-0.05, 0) is 30.2 Å². The first-order valence-corrected chi connectivity index (χ1v) is 6.13. The zero-order chi connectivity index (χ0) is 14.7. The monoisotopic (exact) mass is 278 g/mol. The van der Waals surface area contributed by atoms with E-state index in [0.29, 0.717) is 11.3 Å². The predicted molar refractivity (Wildman–Crippen MR) is 73.3 cm³/mol. The van der Waals surface area contributed by atoms with Gasteiger partial charge in [0.1, 0.15) is 5.75 Å². The van der Waals surface area contributed by atoms with Crippen molar-refractivity contribution in [2.24, 2.45) is 5.84 Å². The molecule has 1 atom stereocenters. The van der Waals surface area contributed by atoms with E-state index in [1.54, 1.807) is 19.2 Å². The van der Waals surface area contributed by atoms with Crippen molar-refractivity contribution >= 4 is 0 Å². The Hall–Kier alpha value is -1.98. The Kier molecular flexibility index (Phi) is 4.32. The molecule has 0 amide bonds. The third kappa shape index (κ3) is 2.64. The Balaban J connectivity index is 2.49. The van der Waals surface area contributed by atoms with Crippen LogP contribution in [0.3, 0.4) is 0 Å². The minimum absolute atomic E-state index is 0.151. The maximum absolute atomic E-state index is 13.9. The molecule has 3 nitrogen and oxygen atoms in total. The molecule has 0 aromatic heterocycles. The molecule has 3 N–H and O–H groups in total. The van der Waals surface area contributed by atoms with Gasteiger partial charge in [0.15, 0.2) is 11.6 Å². The van der Waals surface area contributed by atoms with Crippen LogP contribution in [0.1, 0.15) is 22.7 Å². The molecule has 1 unspecified atom stereocenters. The first kappa shape index (κ1) is 14.4. The van der Waals surface area contributed by atoms with Gasteiger partial charge in [0.05, 0.1) is 13.2 Å². The van der Waals surface area contributed by atoms with Crippen molar-refractivity contribution in [1.82, 2.24) is 5.43 Å². The summed E-state index contributed by atoms with van der Waals surface area (Å²) in [7, 11) is 1.56. The molecule has 0 aliphatic rings. The topological polar surface area (TPSA) is 47.3 Å². The normalized spacial score (nSPS) is 12.2. The third-order valence-corrected chi connectivity index (χ3v) is 3.22. The molecule has 0 bridgehead atoms. The van der Waals surface area contributed by atoms with Crippen LogP contribution in [0, 0.1) is 18.6 Å². The number of halogens is 2. The molecular weight excluding hydrogens is 262 g/mol. The molecular formula is C15H16F2N2O. The molecule has 0 fully saturated rings. The van der Waals surface area contributed by atoms with Gasteiger partial charge in [-0.2, -0.15) is 0 Å². The smallest absolute Gasteiger partial charge is 0.163 e. The van der Waals surface area contributed by atoms with Crippen molar-refractivity contribution in [2.75, 3.05) is 7.11 Å². The Labute approximate surface area is 116 Å². The van der Waals surface area contributed by atoms with E-state index in [0.717, 1.165) is 11.6 Å². The number of hydrazine groups is 1. The summed E-state index contributed by atoms with van der Waals surface area (Å²) in [5.41, 5.74) is 4.31. The van der Waals surface area contributed by atoms with Gasteiger partial charge in [-0.1, -0.05) is 24.3 Å². The average molecular weight is 278 g/mol. The fraction of sp³-hybridized carbons (Fsp3) is 0.200. The summed E-state index contributed by atoms with van der Waals surface area (Å²) in [6.07, 6.45) is 0. The van der Waals surface area contributed by atoms with Gasteiger partial charge < -0.3 is 4.74 Å². The van der Waals surface area contributed by atoms with E-state index in [1.165, 1.54) is 12.1 Å². The number of benzene rings is 2. The Morgan fingerprint density at radius 1 is 1.20 bits per heavy atom. The Morgan fingerprint density at radius 3 is 2.60 bits per heavy atom. The van der Waals surface area contributed by atoms with Gasteiger partial charge in [0, 0.05) is 5.56 Å². The molecule has 106 valence electrons. The van der Waals surface area contributed by atoms with Gasteiger partial charge in [-0.25, -0.2) is 14.2 Å². The van der Waals surface area contributed by atoms with E-state index in [4.69, 9.17) is 10.6 Å². The van der Waals surface area contributed by atoms with Crippen molar-refractivity contribution in [3.63, 3.8) is 0 Å². The molecule has 0 saturated heterocycles. The van der Waals surface area contributed by atoms with Crippen LogP contribution in [-0.2, 0) is 0 Å². The zero-order valence-corrected chi connectivity index (χ0v) is 11.3. The molecule has 20 heavy (non-hydrogen) atoms. The summed E-state index contributed by atoms with van der Waals surface area (Å²) >= 11 is 0. The van der Waals surface area contributed by atoms with Crippen LogP contribution in [0.25, 0.3) is 0 Å². The number of aryl methyl sites for hydroxylation is 1. The first-order chi connectivity index (χ1) is 9.58. The number of nitrogens with two attached hydrogens (primary N) is 1. The second kappa shape index (κ2) is 5.98. The van der Waals surface area contributed by atoms with Crippen molar-refractivity contribution < 1.29 is 13.5 Å². The molecule has 0 heterocycles. The maximum Gasteiger partial charge on any atom is 0.163 e. The Bertz CT molecular complexity index is 617. The van der Waals surface area contributed by atoms with E-state index < -0.39 is 17.7 Å². The lowest BCUT2D eigenvalue weighted by molar-refractivity contribution is 0.410. The molecule has 5 heteroatoms. The first-order valence-electron chi connectivity index (χ1n) is 6.13. The van der Waals surface area contributed by atoms with E-state index in [9.17, 15) is 8.78 Å². The molecule has 0 aliphatic heterocycles. The van der Waals surface area contributed by atoms with Crippen molar-refractivity contribution in [3.8, 4) is 5.75 Å². The number of hydrogen-bond acceptors (Lipinski definition) is 3. The van der Waals surface area contributed by atoms with Crippen LogP contribution in [0.2, 0.25) is 0 Å². The highest BCUT2D eigenvalue weighted by molar-refractivity contribution is 5.41. The summed E-state index contributed by atoms with van der Waals surface area (Å²) in [4.78, 5) is 0. The largest absolute Gasteiger partial charge is 0.496 e. The molecule has 2 rings (SSSR count). The van der Waals surface area contributed by atoms with Crippen LogP contribution in [0.4, 0.5) is 8.78 Å². The van der Waals surface area contributed by atoms with E-state index in [1.807, 2.05) is 13.0 Å². The van der Waals surface area contributed by atoms with Crippen molar-refractivity contribution in [1.29, 1.82) is 0 Å². The molecule has 2 aromatic carbocycles. The van der Waals surface area contributed by atoms with Gasteiger partial charge in [0.2, 0.25) is 0 Å². The zero-order valence-electron chi connectivity index (χ0n) is 11.3. The SMILES string of the molecule is COc1cc(C(NN)c2cccc(F)c2F)ccc1C. The highest BCUT2D eigenvalue weighted by Crippen LogP contribution is 2.29. The fourth-order valence-corrected chi connectivity index (χ4v) is 2.13. The Morgan fingerprint density at radius 2 is 1.95 bits per heavy atom. The maximum atomic E-state index is 13.9. The highest BCUT2D eigenvalue weighted by atomic mass is 19.2. The number of nitrogens with one attached hydrogen (secondary N) is 1. The number of ether oxygens (including phenoxy) is 1. The highest BCUT2D eigenvalue weighted by Gasteiger charge is 2.19. The number of rotatable bonds is 4. The van der Waals surface area contributed by atoms with Crippen molar-refractivity contribution in [3.05, 3.63) is 64.7 Å². The second-order valence-corrected chi connectivity index (χ2v) is 4.47. The minimum atomic E-state index is -0.907. The lowest BCUT2D eigenvalue weighted by atomic mass is 9.97. The van der Waals surface area contributed by atoms with Gasteiger partial charge in [-0.3, -0.25) is 5.84 Å². The lowest BCUT2D eigenvalue weighted by Gasteiger charge is -2.19. The van der Waals surface area contributed by atoms with Gasteiger partial charge in [-0.15, -0.1) is 0 Å². The standard InChI is InChI=1S/C15H16F2N2O/c1-9-6-7-10(8-13(9)20-2)15(19-18)11-4-3-5-12(16)14(11)17/h3-8,15,19H,18H2,1-2H3. The fourth-order valence-electron chi connectivity index (χ4n) is 2.13. The third-order valence-electron chi connectivity index (χ3n) is 3.22. The summed E-state index contributed by atoms with van der Waals surface area (Å²) in [6.45, 7) is 1.90. The quantitative estimate of drug-likeness (QED) is 0.668. The lowest BCUT2D eigenvalue weighted by Crippen LogP contribution is -2.29. The molecule has 0 radical (unpaired) electrons. The molecule has 0 saturated carbocycles. The average Bonchev–Trinajstić information content (AvgIpc) is 2.45. The van der Waals surface area contributed by atoms with E-state index in [2.05, 4.69) is 5.43 Å². The number of methoxy groups -OCH3 is 1. The number of hydrogen-bond donors (Lipinski definition) is 2.